The molecule has 0 bridgehead atoms. The molecule has 8 rings (SSSR count). The number of hydrogen-bond donors (Lipinski definition) is 1. The van der Waals surface area contributed by atoms with Gasteiger partial charge >= 0.3 is 29.6 Å². The number of nitrogens with zero attached hydrogens (tertiary/aromatic N) is 6. The quantitative estimate of drug-likeness (QED) is 0.353. The first-order chi connectivity index (χ1) is 28.9. The predicted octanol–water partition coefficient (Wildman–Crippen LogP) is 1.53. The number of Topliss-reactive ketones (excluding diaryl/α,β-unsaturated/α-hetero) is 1. The topological polar surface area (TPSA) is 109 Å². The van der Waals surface area contributed by atoms with Gasteiger partial charge in [-0.05, 0) is 101 Å². The molecule has 12 nitrogen and oxygen atoms in total. The minimum atomic E-state index is -0.406. The first-order valence-corrected chi connectivity index (χ1v) is 23.1. The average molecular weight is 946 g/mol. The molecule has 0 aliphatic carbocycles. The third kappa shape index (κ3) is 12.7. The van der Waals surface area contributed by atoms with Crippen molar-refractivity contribution in [2.24, 2.45) is 0 Å². The van der Waals surface area contributed by atoms with E-state index in [1.54, 1.807) is 31.2 Å². The Labute approximate surface area is 413 Å². The molecule has 18 heteroatoms. The van der Waals surface area contributed by atoms with Crippen LogP contribution >= 0.6 is 46.4 Å². The Hall–Kier alpha value is -1.01. The second-order valence-corrected chi connectivity index (χ2v) is 19.0. The molecule has 6 aliphatic rings. The number of ketones is 1. The van der Waals surface area contributed by atoms with E-state index >= 15 is 0 Å². The number of carbonyl (C=O) groups excluding carboxylic acids is 3. The van der Waals surface area contributed by atoms with Crippen LogP contribution in [0.1, 0.15) is 52.1 Å². The number of ether oxygens (including phenoxy) is 2. The number of aliphatic hydroxyl groups is 1. The summed E-state index contributed by atoms with van der Waals surface area (Å²) in [5.41, 5.74) is 1.74. The van der Waals surface area contributed by atoms with Gasteiger partial charge in [-0.2, -0.15) is 0 Å². The monoisotopic (exact) mass is 943 g/mol. The minimum Gasteiger partial charge on any atom is -1.00 e. The third-order valence-electron chi connectivity index (χ3n) is 13.1. The Morgan fingerprint density at radius 2 is 1.05 bits per heavy atom. The normalized spacial score (nSPS) is 27.5. The van der Waals surface area contributed by atoms with Gasteiger partial charge in [0.1, 0.15) is 5.78 Å². The maximum absolute atomic E-state index is 13.4. The summed E-state index contributed by atoms with van der Waals surface area (Å²) in [5, 5.41) is 11.9. The number of halogens is 4. The maximum atomic E-state index is 13.4. The summed E-state index contributed by atoms with van der Waals surface area (Å²) in [5.74, 6) is 0.357. The molecule has 3 radical (unpaired) electrons. The van der Waals surface area contributed by atoms with E-state index in [2.05, 4.69) is 24.5 Å². The number of fused-ring (bicyclic) bond motifs is 2. The van der Waals surface area contributed by atoms with Crippen molar-refractivity contribution in [1.82, 2.24) is 29.4 Å². The summed E-state index contributed by atoms with van der Waals surface area (Å²) in [6, 6.07) is 11.4. The van der Waals surface area contributed by atoms with Gasteiger partial charge in [-0.1, -0.05) is 58.5 Å². The summed E-state index contributed by atoms with van der Waals surface area (Å²) >= 11 is 24.4. The van der Waals surface area contributed by atoms with Gasteiger partial charge in [0.2, 0.25) is 11.8 Å². The zero-order valence-corrected chi connectivity index (χ0v) is 41.4. The van der Waals surface area contributed by atoms with Gasteiger partial charge in [-0.15, -0.1) is 0 Å². The van der Waals surface area contributed by atoms with Crippen LogP contribution in [0, 0.1) is 0 Å². The molecule has 2 aromatic rings. The smallest absolute Gasteiger partial charge is 1.00 e. The number of benzene rings is 2. The average Bonchev–Trinajstić information content (AvgIpc) is 3.97. The molecular formula is C44H61BCl4N6NaO6. The van der Waals surface area contributed by atoms with Crippen molar-refractivity contribution < 1.29 is 59.9 Å². The number of β-amino-alcohol motifs (C(OH)–C–C–N with tert-alkyl or cyclic N) is 1. The van der Waals surface area contributed by atoms with Crippen molar-refractivity contribution in [3.63, 3.8) is 0 Å². The molecule has 6 heterocycles. The molecule has 6 aliphatic heterocycles. The van der Waals surface area contributed by atoms with E-state index in [-0.39, 0.29) is 93.2 Å². The first-order valence-electron chi connectivity index (χ1n) is 21.6. The second-order valence-electron chi connectivity index (χ2n) is 17.4. The van der Waals surface area contributed by atoms with Crippen LogP contribution in [-0.4, -0.2) is 195 Å². The van der Waals surface area contributed by atoms with Gasteiger partial charge in [-0.3, -0.25) is 34.0 Å². The second kappa shape index (κ2) is 24.1. The Balaban J connectivity index is 0.000000264. The van der Waals surface area contributed by atoms with Crippen molar-refractivity contribution in [2.45, 2.75) is 94.7 Å². The van der Waals surface area contributed by atoms with Crippen LogP contribution < -0.4 is 29.6 Å². The van der Waals surface area contributed by atoms with Crippen molar-refractivity contribution in [2.75, 3.05) is 91.9 Å². The zero-order chi connectivity index (χ0) is 42.5. The van der Waals surface area contributed by atoms with E-state index in [1.807, 2.05) is 24.0 Å². The van der Waals surface area contributed by atoms with E-state index in [1.165, 1.54) is 25.7 Å². The largest absolute Gasteiger partial charge is 1.00 e. The predicted molar refractivity (Wildman–Crippen MR) is 242 cm³/mol. The molecule has 2 amide bonds. The summed E-state index contributed by atoms with van der Waals surface area (Å²) < 4.78 is 12.0. The van der Waals surface area contributed by atoms with Crippen LogP contribution in [-0.2, 0) is 36.7 Å². The van der Waals surface area contributed by atoms with E-state index in [4.69, 9.17) is 55.9 Å². The third-order valence-corrected chi connectivity index (χ3v) is 14.6. The molecule has 1 unspecified atom stereocenters. The van der Waals surface area contributed by atoms with Crippen molar-refractivity contribution in [1.29, 1.82) is 0 Å². The van der Waals surface area contributed by atoms with Gasteiger partial charge in [0.15, 0.2) is 0 Å². The molecular weight excluding hydrogens is 884 g/mol. The summed E-state index contributed by atoms with van der Waals surface area (Å²) in [7, 11) is 0. The summed E-state index contributed by atoms with van der Waals surface area (Å²) in [6.45, 7) is 13.8. The first kappa shape index (κ1) is 52.0. The number of likely N-dealkylation sites (tertiary alicyclic amines) is 2. The number of piperazine rings is 2. The van der Waals surface area contributed by atoms with Crippen molar-refractivity contribution in [3.05, 3.63) is 67.6 Å². The molecule has 0 aromatic heterocycles. The molecule has 335 valence electrons. The van der Waals surface area contributed by atoms with Crippen molar-refractivity contribution >= 4 is 72.4 Å². The standard InChI is InChI=1S/C22H31Cl2N3O3.C22H29Cl2N3O3.B.Na.H/c2*1-15(28)12-26-8-9-27(21(29)11-16-4-5-17(23)18(24)10-16)22-19(13-30-14-20(22)26)25-6-2-3-7-25;;;/h4-5,10,15,19-20,22,28H,2-3,6-9,11-14H2,1H3;4-5,10,19-20,22H,2-3,6-9,11-14H2,1H3;;;/q;;;+1;-1/t15?,19-,20+,22+;19-,20+,22+;;;/m00.../s1. The van der Waals surface area contributed by atoms with Gasteiger partial charge in [0.05, 0.1) is 108 Å². The molecule has 6 saturated heterocycles. The number of hydrogen-bond acceptors (Lipinski definition) is 10. The van der Waals surface area contributed by atoms with Crippen LogP contribution in [0.3, 0.4) is 0 Å². The van der Waals surface area contributed by atoms with Crippen LogP contribution in [0.4, 0.5) is 0 Å². The minimum absolute atomic E-state index is 0. The molecule has 0 spiro atoms. The molecule has 2 aromatic carbocycles. The number of rotatable bonds is 10. The maximum Gasteiger partial charge on any atom is 1.00 e. The summed E-state index contributed by atoms with van der Waals surface area (Å²) in [6.07, 6.45) is 4.95. The van der Waals surface area contributed by atoms with Gasteiger partial charge in [0.25, 0.3) is 0 Å². The van der Waals surface area contributed by atoms with E-state index in [9.17, 15) is 19.5 Å². The van der Waals surface area contributed by atoms with Crippen LogP contribution in [0.15, 0.2) is 36.4 Å². The number of amides is 2. The van der Waals surface area contributed by atoms with Gasteiger partial charge in [-0.25, -0.2) is 0 Å². The molecule has 7 atom stereocenters. The number of carbonyl (C=O) groups is 3. The molecule has 0 saturated carbocycles. The van der Waals surface area contributed by atoms with E-state index in [0.29, 0.717) is 92.1 Å². The van der Waals surface area contributed by atoms with E-state index in [0.717, 1.165) is 43.9 Å². The van der Waals surface area contributed by atoms with Crippen molar-refractivity contribution in [3.8, 4) is 0 Å². The van der Waals surface area contributed by atoms with Crippen LogP contribution in [0.5, 0.6) is 0 Å². The number of aliphatic hydroxyl groups excluding tert-OH is 1. The fourth-order valence-corrected chi connectivity index (χ4v) is 11.0. The molecule has 6 fully saturated rings. The van der Waals surface area contributed by atoms with Gasteiger partial charge < -0.3 is 25.8 Å². The Bertz CT molecular complexity index is 1840. The zero-order valence-electron chi connectivity index (χ0n) is 37.4. The Morgan fingerprint density at radius 1 is 0.645 bits per heavy atom. The van der Waals surface area contributed by atoms with Crippen LogP contribution in [0.25, 0.3) is 0 Å². The fourth-order valence-electron chi connectivity index (χ4n) is 10.4. The van der Waals surface area contributed by atoms with Crippen LogP contribution in [0.2, 0.25) is 20.1 Å². The fraction of sp³-hybridized carbons (Fsp3) is 0.659. The van der Waals surface area contributed by atoms with Gasteiger partial charge in [0, 0.05) is 41.1 Å². The SMILES string of the molecule is CC(=O)CN1CCN(C(=O)Cc2ccc(Cl)c(Cl)c2)[C@H]2[C@H]1COC[C@@H]2N1CCCC1.CC(O)CN1CCN(C(=O)Cc2ccc(Cl)c(Cl)c2)[C@H]2[C@H]1COC[C@@H]2N1CCCC1.[B].[H-].[Na+]. The Morgan fingerprint density at radius 3 is 1.45 bits per heavy atom. The van der Waals surface area contributed by atoms with E-state index < -0.39 is 6.10 Å². The molecule has 1 N–H and O–H groups in total. The Kier molecular flexibility index (Phi) is 20.2. The molecule has 62 heavy (non-hydrogen) atoms. The summed E-state index contributed by atoms with van der Waals surface area (Å²) in [4.78, 5) is 52.3.